The molecule has 0 saturated heterocycles. The predicted molar refractivity (Wildman–Crippen MR) is 147 cm³/mol. The number of nitrogens with two attached hydrogens (primary N) is 1. The van der Waals surface area contributed by atoms with Gasteiger partial charge in [-0.1, -0.05) is 96.8 Å². The van der Waals surface area contributed by atoms with Crippen molar-refractivity contribution in [1.29, 1.82) is 0 Å². The van der Waals surface area contributed by atoms with E-state index >= 15 is 0 Å². The number of carbonyl (C=O) groups excluding carboxylic acids is 1. The molecule has 0 aromatic rings. The van der Waals surface area contributed by atoms with Crippen LogP contribution in [0, 0.1) is 0 Å². The van der Waals surface area contributed by atoms with Gasteiger partial charge in [-0.25, -0.2) is 8.37 Å². The molecule has 0 fully saturated rings. The Bertz CT molecular complexity index is 521. The minimum Gasteiger partial charge on any atom is -0.355 e. The first-order valence-corrected chi connectivity index (χ1v) is 15.5. The maximum absolute atomic E-state index is 11.6. The molecule has 212 valence electrons. The predicted octanol–water partition coefficient (Wildman–Crippen LogP) is 5.22. The third-order valence-corrected chi connectivity index (χ3v) is 6.53. The molecule has 0 heterocycles. The quantitative estimate of drug-likeness (QED) is 0.140. The zero-order chi connectivity index (χ0) is 26.5. The summed E-state index contributed by atoms with van der Waals surface area (Å²) in [7, 11) is -3.68. The van der Waals surface area contributed by atoms with E-state index < -0.39 is 10.4 Å². The summed E-state index contributed by atoms with van der Waals surface area (Å²) in [5, 5.41) is 6.12. The van der Waals surface area contributed by atoms with Crippen molar-refractivity contribution < 1.29 is 21.6 Å². The van der Waals surface area contributed by atoms with E-state index in [-0.39, 0.29) is 19.1 Å². The maximum Gasteiger partial charge on any atom is 0.399 e. The van der Waals surface area contributed by atoms with Crippen LogP contribution in [-0.2, 0) is 23.6 Å². The molecule has 0 aliphatic rings. The van der Waals surface area contributed by atoms with Gasteiger partial charge in [0.05, 0.1) is 13.2 Å². The first kappa shape index (κ1) is 36.4. The third kappa shape index (κ3) is 33.3. The fourth-order valence-electron chi connectivity index (χ4n) is 3.59. The van der Waals surface area contributed by atoms with E-state index in [4.69, 9.17) is 5.73 Å². The van der Waals surface area contributed by atoms with Gasteiger partial charge in [0.2, 0.25) is 5.91 Å². The number of amides is 1. The van der Waals surface area contributed by atoms with Gasteiger partial charge < -0.3 is 16.4 Å². The summed E-state index contributed by atoms with van der Waals surface area (Å²) in [4.78, 5) is 11.6. The van der Waals surface area contributed by atoms with Crippen LogP contribution in [0.5, 0.6) is 0 Å². The van der Waals surface area contributed by atoms with Crippen molar-refractivity contribution in [2.75, 3.05) is 39.4 Å². The summed E-state index contributed by atoms with van der Waals surface area (Å²) in [6.45, 7) is 8.64. The van der Waals surface area contributed by atoms with Crippen LogP contribution < -0.4 is 16.4 Å². The van der Waals surface area contributed by atoms with Crippen LogP contribution in [0.2, 0.25) is 0 Å². The maximum atomic E-state index is 11.6. The second-order valence-corrected chi connectivity index (χ2v) is 10.1. The summed E-state index contributed by atoms with van der Waals surface area (Å²) >= 11 is 0. The molecule has 0 aromatic heterocycles. The molecular weight excluding hydrogens is 466 g/mol. The highest BCUT2D eigenvalue weighted by molar-refractivity contribution is 7.81. The minimum absolute atomic E-state index is 0.113. The Kier molecular flexibility index (Phi) is 30.7. The lowest BCUT2D eigenvalue weighted by molar-refractivity contribution is -0.121. The molecule has 0 saturated carbocycles. The average molecular weight is 524 g/mol. The van der Waals surface area contributed by atoms with E-state index in [0.717, 1.165) is 19.5 Å². The second kappa shape index (κ2) is 29.5. The molecule has 0 unspecified atom stereocenters. The lowest BCUT2D eigenvalue weighted by atomic mass is 10.0. The standard InChI is InChI=1S/C22H47N3O.C4H10O4S/c1-2-3-4-5-6-7-8-9-10-11-12-13-14-15-16-17-22(26)25-21-20-24-19-18-23;1-3-7-9(5,6)8-4-2/h24H,2-21,23H2,1H3,(H,25,26);3-4H2,1-2H3. The van der Waals surface area contributed by atoms with Gasteiger partial charge in [0.25, 0.3) is 0 Å². The Morgan fingerprint density at radius 1 is 0.657 bits per heavy atom. The number of hydrogen-bond donors (Lipinski definition) is 3. The Hall–Kier alpha value is -0.740. The van der Waals surface area contributed by atoms with E-state index in [1.165, 1.54) is 89.9 Å². The SMILES string of the molecule is CCCCCCCCCCCCCCCCCC(=O)NCCNCCN.CCOS(=O)(=O)OCC. The highest BCUT2D eigenvalue weighted by atomic mass is 32.3. The summed E-state index contributed by atoms with van der Waals surface area (Å²) in [6.07, 6.45) is 21.1. The third-order valence-electron chi connectivity index (χ3n) is 5.48. The molecule has 0 rings (SSSR count). The van der Waals surface area contributed by atoms with Crippen molar-refractivity contribution in [3.05, 3.63) is 0 Å². The van der Waals surface area contributed by atoms with Gasteiger partial charge >= 0.3 is 10.4 Å². The lowest BCUT2D eigenvalue weighted by Crippen LogP contribution is -2.33. The molecule has 1 amide bonds. The Morgan fingerprint density at radius 2 is 1.09 bits per heavy atom. The molecule has 0 radical (unpaired) electrons. The molecule has 8 nitrogen and oxygen atoms in total. The molecule has 35 heavy (non-hydrogen) atoms. The van der Waals surface area contributed by atoms with Crippen LogP contribution in [-0.4, -0.2) is 53.7 Å². The summed E-state index contributed by atoms with van der Waals surface area (Å²) in [5.41, 5.74) is 5.39. The molecule has 9 heteroatoms. The van der Waals surface area contributed by atoms with Gasteiger partial charge in [-0.3, -0.25) is 4.79 Å². The molecule has 0 spiro atoms. The van der Waals surface area contributed by atoms with Crippen LogP contribution in [0.3, 0.4) is 0 Å². The molecule has 0 aliphatic heterocycles. The highest BCUT2D eigenvalue weighted by Gasteiger charge is 2.07. The van der Waals surface area contributed by atoms with E-state index in [1.54, 1.807) is 13.8 Å². The molecular formula is C26H57N3O5S. The van der Waals surface area contributed by atoms with Crippen LogP contribution in [0.4, 0.5) is 0 Å². The first-order chi connectivity index (χ1) is 16.9. The fourth-order valence-corrected chi connectivity index (χ4v) is 4.23. The van der Waals surface area contributed by atoms with Crippen molar-refractivity contribution in [3.63, 3.8) is 0 Å². The zero-order valence-electron chi connectivity index (χ0n) is 23.1. The Balaban J connectivity index is 0. The lowest BCUT2D eigenvalue weighted by Gasteiger charge is -2.06. The second-order valence-electron chi connectivity index (χ2n) is 8.81. The van der Waals surface area contributed by atoms with E-state index in [9.17, 15) is 13.2 Å². The molecule has 0 atom stereocenters. The van der Waals surface area contributed by atoms with Crippen LogP contribution in [0.15, 0.2) is 0 Å². The Morgan fingerprint density at radius 3 is 1.49 bits per heavy atom. The number of rotatable bonds is 25. The van der Waals surface area contributed by atoms with Crippen molar-refractivity contribution in [2.24, 2.45) is 5.73 Å². The van der Waals surface area contributed by atoms with Crippen molar-refractivity contribution >= 4 is 16.3 Å². The summed E-state index contributed by atoms with van der Waals surface area (Å²) in [6, 6.07) is 0. The number of unbranched alkanes of at least 4 members (excludes halogenated alkanes) is 14. The molecule has 0 aliphatic carbocycles. The van der Waals surface area contributed by atoms with Crippen molar-refractivity contribution in [2.45, 2.75) is 124 Å². The smallest absolute Gasteiger partial charge is 0.355 e. The number of carbonyl (C=O) groups is 1. The fraction of sp³-hybridized carbons (Fsp3) is 0.962. The minimum atomic E-state index is -3.68. The van der Waals surface area contributed by atoms with Gasteiger partial charge in [0.15, 0.2) is 0 Å². The van der Waals surface area contributed by atoms with Crippen LogP contribution >= 0.6 is 0 Å². The summed E-state index contributed by atoms with van der Waals surface area (Å²) < 4.78 is 29.2. The molecule has 0 aromatic carbocycles. The van der Waals surface area contributed by atoms with Crippen LogP contribution in [0.1, 0.15) is 124 Å². The van der Waals surface area contributed by atoms with Gasteiger partial charge in [-0.2, -0.15) is 8.42 Å². The van der Waals surface area contributed by atoms with E-state index in [2.05, 4.69) is 25.9 Å². The first-order valence-electron chi connectivity index (χ1n) is 14.1. The highest BCUT2D eigenvalue weighted by Crippen LogP contribution is 2.13. The average Bonchev–Trinajstić information content (AvgIpc) is 2.81. The van der Waals surface area contributed by atoms with E-state index in [1.807, 2.05) is 0 Å². The van der Waals surface area contributed by atoms with Gasteiger partial charge in [0.1, 0.15) is 0 Å². The number of nitrogens with one attached hydrogen (secondary N) is 2. The van der Waals surface area contributed by atoms with Gasteiger partial charge in [0, 0.05) is 32.6 Å². The summed E-state index contributed by atoms with van der Waals surface area (Å²) in [5.74, 6) is 0.189. The zero-order valence-corrected chi connectivity index (χ0v) is 23.9. The van der Waals surface area contributed by atoms with E-state index in [0.29, 0.717) is 19.5 Å². The van der Waals surface area contributed by atoms with Crippen LogP contribution in [0.25, 0.3) is 0 Å². The largest absolute Gasteiger partial charge is 0.399 e. The monoisotopic (exact) mass is 523 g/mol. The Labute approximate surface area is 217 Å². The molecule has 4 N–H and O–H groups in total. The van der Waals surface area contributed by atoms with Crippen molar-refractivity contribution in [1.82, 2.24) is 10.6 Å². The molecule has 0 bridgehead atoms. The van der Waals surface area contributed by atoms with Gasteiger partial charge in [-0.05, 0) is 20.3 Å². The topological polar surface area (TPSA) is 120 Å². The van der Waals surface area contributed by atoms with Gasteiger partial charge in [-0.15, -0.1) is 0 Å². The number of hydrogen-bond acceptors (Lipinski definition) is 7. The van der Waals surface area contributed by atoms with Crippen molar-refractivity contribution in [3.8, 4) is 0 Å². The normalized spacial score (nSPS) is 11.2.